The van der Waals surface area contributed by atoms with E-state index in [9.17, 15) is 0 Å². The first-order valence-corrected chi connectivity index (χ1v) is 10.0. The van der Waals surface area contributed by atoms with Crippen molar-refractivity contribution in [1.29, 1.82) is 0 Å². The Labute approximate surface area is 169 Å². The molecule has 0 N–H and O–H groups in total. The van der Waals surface area contributed by atoms with Crippen molar-refractivity contribution < 1.29 is 0 Å². The van der Waals surface area contributed by atoms with Crippen LogP contribution in [0, 0.1) is 10.5 Å². The first-order chi connectivity index (χ1) is 11.7. The summed E-state index contributed by atoms with van der Waals surface area (Å²) in [5, 5.41) is 0.751. The second kappa shape index (κ2) is 6.92. The van der Waals surface area contributed by atoms with E-state index in [4.69, 9.17) is 11.6 Å². The Balaban J connectivity index is 1.98. The molecule has 25 heavy (non-hydrogen) atoms. The van der Waals surface area contributed by atoms with Crippen molar-refractivity contribution in [2.45, 2.75) is 45.6 Å². The minimum Gasteiger partial charge on any atom is -0.369 e. The highest BCUT2D eigenvalue weighted by molar-refractivity contribution is 14.1. The lowest BCUT2D eigenvalue weighted by Gasteiger charge is -2.45. The van der Waals surface area contributed by atoms with E-state index < -0.39 is 0 Å². The van der Waals surface area contributed by atoms with Crippen molar-refractivity contribution in [2.24, 2.45) is 4.99 Å². The molecule has 1 aliphatic rings. The lowest BCUT2D eigenvalue weighted by Crippen LogP contribution is -2.45. The molecule has 1 unspecified atom stereocenters. The minimum atomic E-state index is 0.143. The number of hydrogen-bond acceptors (Lipinski definition) is 2. The van der Waals surface area contributed by atoms with Crippen LogP contribution in [0.2, 0.25) is 5.02 Å². The number of aliphatic imine (C=N–C) groups is 1. The van der Waals surface area contributed by atoms with Gasteiger partial charge in [0.15, 0.2) is 0 Å². The first kappa shape index (κ1) is 18.7. The Kier molecular flexibility index (Phi) is 5.18. The van der Waals surface area contributed by atoms with Crippen LogP contribution < -0.4 is 4.90 Å². The molecule has 0 saturated heterocycles. The summed E-state index contributed by atoms with van der Waals surface area (Å²) >= 11 is 8.91. The molecular formula is C21H24ClIN2. The smallest absolute Gasteiger partial charge is 0.0633 e. The number of hydrogen-bond donors (Lipinski definition) is 0. The van der Waals surface area contributed by atoms with Gasteiger partial charge in [0.2, 0.25) is 0 Å². The summed E-state index contributed by atoms with van der Waals surface area (Å²) in [6.07, 6.45) is 3.02. The van der Waals surface area contributed by atoms with Gasteiger partial charge in [-0.3, -0.25) is 4.99 Å². The molecule has 0 amide bonds. The maximum absolute atomic E-state index is 6.57. The van der Waals surface area contributed by atoms with Gasteiger partial charge in [-0.15, -0.1) is 0 Å². The Bertz CT molecular complexity index is 842. The number of fused-ring (bicyclic) bond motifs is 1. The lowest BCUT2D eigenvalue weighted by molar-refractivity contribution is 0.395. The number of rotatable bonds is 2. The predicted molar refractivity (Wildman–Crippen MR) is 118 cm³/mol. The van der Waals surface area contributed by atoms with E-state index in [1.165, 1.54) is 20.4 Å². The van der Waals surface area contributed by atoms with E-state index in [1.807, 2.05) is 12.3 Å². The minimum absolute atomic E-state index is 0.143. The molecule has 0 saturated carbocycles. The zero-order valence-corrected chi connectivity index (χ0v) is 18.3. The molecule has 2 nitrogen and oxygen atoms in total. The third-order valence-corrected chi connectivity index (χ3v) is 6.78. The summed E-state index contributed by atoms with van der Waals surface area (Å²) in [6.45, 7) is 8.97. The Morgan fingerprint density at radius 2 is 2.00 bits per heavy atom. The second-order valence-corrected chi connectivity index (χ2v) is 9.17. The summed E-state index contributed by atoms with van der Waals surface area (Å²) in [6, 6.07) is 10.5. The largest absolute Gasteiger partial charge is 0.369 e. The molecule has 2 aromatic rings. The van der Waals surface area contributed by atoms with Crippen LogP contribution in [0.15, 0.2) is 35.3 Å². The van der Waals surface area contributed by atoms with E-state index in [-0.39, 0.29) is 5.54 Å². The third kappa shape index (κ3) is 3.72. The van der Waals surface area contributed by atoms with Crippen LogP contribution in [-0.4, -0.2) is 18.8 Å². The summed E-state index contributed by atoms with van der Waals surface area (Å²) in [4.78, 5) is 6.98. The van der Waals surface area contributed by atoms with E-state index >= 15 is 0 Å². The van der Waals surface area contributed by atoms with Gasteiger partial charge in [0, 0.05) is 33.6 Å². The highest BCUT2D eigenvalue weighted by Crippen LogP contribution is 2.44. The molecule has 132 valence electrons. The van der Waals surface area contributed by atoms with Crippen molar-refractivity contribution in [2.75, 3.05) is 11.9 Å². The van der Waals surface area contributed by atoms with Crippen molar-refractivity contribution in [3.8, 4) is 0 Å². The molecule has 1 aliphatic heterocycles. The Hall–Kier alpha value is -1.07. The van der Waals surface area contributed by atoms with E-state index in [0.717, 1.165) is 22.7 Å². The van der Waals surface area contributed by atoms with E-state index in [2.05, 4.69) is 91.5 Å². The van der Waals surface area contributed by atoms with E-state index in [1.54, 1.807) is 0 Å². The van der Waals surface area contributed by atoms with Crippen LogP contribution >= 0.6 is 34.2 Å². The average molecular weight is 467 g/mol. The fourth-order valence-electron chi connectivity index (χ4n) is 3.56. The van der Waals surface area contributed by atoms with Crippen LogP contribution in [0.25, 0.3) is 0 Å². The van der Waals surface area contributed by atoms with Gasteiger partial charge < -0.3 is 4.90 Å². The zero-order valence-electron chi connectivity index (χ0n) is 15.4. The predicted octanol–water partition coefficient (Wildman–Crippen LogP) is 6.73. The normalized spacial score (nSPS) is 19.3. The number of benzene rings is 2. The maximum Gasteiger partial charge on any atom is 0.0633 e. The van der Waals surface area contributed by atoms with Gasteiger partial charge >= 0.3 is 0 Å². The molecule has 3 rings (SSSR count). The van der Waals surface area contributed by atoms with Gasteiger partial charge in [0.05, 0.1) is 10.7 Å². The molecule has 4 heteroatoms. The zero-order chi connectivity index (χ0) is 18.4. The number of aryl methyl sites for hydroxylation is 1. The summed E-state index contributed by atoms with van der Waals surface area (Å²) < 4.78 is 1.25. The summed E-state index contributed by atoms with van der Waals surface area (Å²) in [5.74, 6) is 0.506. The van der Waals surface area contributed by atoms with Crippen LogP contribution in [0.1, 0.15) is 49.8 Å². The van der Waals surface area contributed by atoms with Gasteiger partial charge in [-0.25, -0.2) is 0 Å². The molecule has 1 heterocycles. The fourth-order valence-corrected chi connectivity index (χ4v) is 4.10. The molecule has 0 fully saturated rings. The Morgan fingerprint density at radius 3 is 2.68 bits per heavy atom. The highest BCUT2D eigenvalue weighted by atomic mass is 127. The van der Waals surface area contributed by atoms with Crippen LogP contribution in [-0.2, 0) is 0 Å². The standard InChI is InChI=1S/C21H24ClIN2/c1-13-8-16(6-7-19(13)23)24-12-15-9-17-14(2)11-21(3,4)25(5)20(17)10-18(15)22/h6-10,12,14H,11H2,1-5H3. The first-order valence-electron chi connectivity index (χ1n) is 8.56. The van der Waals surface area contributed by atoms with Gasteiger partial charge in [-0.1, -0.05) is 18.5 Å². The van der Waals surface area contributed by atoms with Gasteiger partial charge in [-0.05, 0) is 97.2 Å². The van der Waals surface area contributed by atoms with Gasteiger partial charge in [0.25, 0.3) is 0 Å². The highest BCUT2D eigenvalue weighted by Gasteiger charge is 2.34. The van der Waals surface area contributed by atoms with Crippen molar-refractivity contribution in [1.82, 2.24) is 0 Å². The topological polar surface area (TPSA) is 15.6 Å². The molecule has 0 spiro atoms. The van der Waals surface area contributed by atoms with Gasteiger partial charge in [0.1, 0.15) is 0 Å². The molecule has 2 aromatic carbocycles. The maximum atomic E-state index is 6.57. The molecular weight excluding hydrogens is 443 g/mol. The quantitative estimate of drug-likeness (QED) is 0.354. The molecule has 0 aromatic heterocycles. The van der Waals surface area contributed by atoms with E-state index in [0.29, 0.717) is 5.92 Å². The number of halogens is 2. The van der Waals surface area contributed by atoms with Crippen molar-refractivity contribution in [3.63, 3.8) is 0 Å². The van der Waals surface area contributed by atoms with Crippen LogP contribution in [0.5, 0.6) is 0 Å². The number of anilines is 1. The molecule has 0 radical (unpaired) electrons. The Morgan fingerprint density at radius 1 is 1.28 bits per heavy atom. The van der Waals surface area contributed by atoms with Crippen LogP contribution in [0.4, 0.5) is 11.4 Å². The molecule has 1 atom stereocenters. The van der Waals surface area contributed by atoms with Crippen molar-refractivity contribution >= 4 is 51.8 Å². The van der Waals surface area contributed by atoms with Crippen LogP contribution in [0.3, 0.4) is 0 Å². The lowest BCUT2D eigenvalue weighted by atomic mass is 9.80. The SMILES string of the molecule is Cc1cc(N=Cc2cc3c(cc2Cl)N(C)C(C)(C)CC3C)ccc1I. The number of nitrogens with zero attached hydrogens (tertiary/aromatic N) is 2. The average Bonchev–Trinajstić information content (AvgIpc) is 2.54. The molecule has 0 bridgehead atoms. The van der Waals surface area contributed by atoms with Crippen molar-refractivity contribution in [3.05, 3.63) is 55.6 Å². The van der Waals surface area contributed by atoms with Gasteiger partial charge in [-0.2, -0.15) is 0 Å². The second-order valence-electron chi connectivity index (χ2n) is 7.60. The third-order valence-electron chi connectivity index (χ3n) is 5.25. The molecule has 0 aliphatic carbocycles. The monoisotopic (exact) mass is 466 g/mol. The summed E-state index contributed by atoms with van der Waals surface area (Å²) in [5.41, 5.74) is 5.91. The summed E-state index contributed by atoms with van der Waals surface area (Å²) in [7, 11) is 2.16. The fraction of sp³-hybridized carbons (Fsp3) is 0.381.